The van der Waals surface area contributed by atoms with Crippen molar-refractivity contribution in [3.8, 4) is 0 Å². The Kier molecular flexibility index (Phi) is 3.56. The van der Waals surface area contributed by atoms with Gasteiger partial charge in [-0.25, -0.2) is 4.79 Å². The lowest BCUT2D eigenvalue weighted by Gasteiger charge is -2.41. The van der Waals surface area contributed by atoms with Crippen molar-refractivity contribution >= 4 is 21.9 Å². The number of carbonyl (C=O) groups is 1. The summed E-state index contributed by atoms with van der Waals surface area (Å²) in [6.45, 7) is 1.72. The van der Waals surface area contributed by atoms with Crippen LogP contribution < -0.4 is 5.32 Å². The van der Waals surface area contributed by atoms with E-state index in [1.165, 1.54) is 0 Å². The minimum Gasteiger partial charge on any atom is -0.480 e. The SMILES string of the molecule is O=C(O)COC1(c2ccncc2Br)CCC2(CNC2)C1. The molecular formula is C14H17BrN2O3. The van der Waals surface area contributed by atoms with Gasteiger partial charge in [0.05, 0.1) is 5.60 Å². The number of hydrogen-bond donors (Lipinski definition) is 2. The largest absolute Gasteiger partial charge is 0.480 e. The molecule has 0 bridgehead atoms. The van der Waals surface area contributed by atoms with Gasteiger partial charge in [-0.05, 0) is 46.7 Å². The van der Waals surface area contributed by atoms with Crippen LogP contribution in [0.5, 0.6) is 0 Å². The second kappa shape index (κ2) is 5.09. The van der Waals surface area contributed by atoms with E-state index in [0.29, 0.717) is 0 Å². The van der Waals surface area contributed by atoms with Gasteiger partial charge in [0, 0.05) is 35.5 Å². The van der Waals surface area contributed by atoms with Crippen LogP contribution in [0.15, 0.2) is 22.9 Å². The van der Waals surface area contributed by atoms with E-state index in [1.807, 2.05) is 6.07 Å². The zero-order valence-corrected chi connectivity index (χ0v) is 12.6. The van der Waals surface area contributed by atoms with Gasteiger partial charge in [0.25, 0.3) is 0 Å². The Morgan fingerprint density at radius 3 is 2.85 bits per heavy atom. The number of aliphatic carboxylic acids is 1. The first-order valence-electron chi connectivity index (χ1n) is 6.72. The first-order valence-corrected chi connectivity index (χ1v) is 7.51. The third-order valence-electron chi connectivity index (χ3n) is 4.45. The predicted octanol–water partition coefficient (Wildman–Crippen LogP) is 1.91. The molecule has 1 atom stereocenters. The van der Waals surface area contributed by atoms with Crippen LogP contribution in [-0.2, 0) is 15.1 Å². The zero-order valence-electron chi connectivity index (χ0n) is 11.1. The van der Waals surface area contributed by atoms with Crippen LogP contribution in [0.2, 0.25) is 0 Å². The molecule has 2 N–H and O–H groups in total. The molecule has 0 radical (unpaired) electrons. The van der Waals surface area contributed by atoms with Gasteiger partial charge in [-0.3, -0.25) is 4.98 Å². The second-order valence-corrected chi connectivity index (χ2v) is 6.67. The van der Waals surface area contributed by atoms with Crippen molar-refractivity contribution in [1.82, 2.24) is 10.3 Å². The van der Waals surface area contributed by atoms with E-state index >= 15 is 0 Å². The third-order valence-corrected chi connectivity index (χ3v) is 5.09. The van der Waals surface area contributed by atoms with Gasteiger partial charge in [-0.15, -0.1) is 0 Å². The Bertz CT molecular complexity index is 533. The molecule has 3 rings (SSSR count). The summed E-state index contributed by atoms with van der Waals surface area (Å²) in [4.78, 5) is 15.0. The maximum absolute atomic E-state index is 10.9. The van der Waals surface area contributed by atoms with Crippen molar-refractivity contribution in [3.05, 3.63) is 28.5 Å². The van der Waals surface area contributed by atoms with Crippen LogP contribution in [-0.4, -0.2) is 35.8 Å². The smallest absolute Gasteiger partial charge is 0.329 e. The van der Waals surface area contributed by atoms with E-state index in [1.54, 1.807) is 12.4 Å². The summed E-state index contributed by atoms with van der Waals surface area (Å²) in [6, 6.07) is 1.93. The second-order valence-electron chi connectivity index (χ2n) is 5.81. The zero-order chi connectivity index (χ0) is 14.2. The summed E-state index contributed by atoms with van der Waals surface area (Å²) in [7, 11) is 0. The van der Waals surface area contributed by atoms with Gasteiger partial charge < -0.3 is 15.2 Å². The minimum atomic E-state index is -0.928. The number of hydrogen-bond acceptors (Lipinski definition) is 4. The summed E-state index contributed by atoms with van der Waals surface area (Å²) in [6.07, 6.45) is 6.25. The maximum atomic E-state index is 10.9. The molecule has 1 saturated heterocycles. The molecule has 20 heavy (non-hydrogen) atoms. The number of carboxylic acids is 1. The number of nitrogens with zero attached hydrogens (tertiary/aromatic N) is 1. The fourth-order valence-corrected chi connectivity index (χ4v) is 4.02. The highest BCUT2D eigenvalue weighted by atomic mass is 79.9. The molecular weight excluding hydrogens is 324 g/mol. The van der Waals surface area contributed by atoms with E-state index in [4.69, 9.17) is 9.84 Å². The molecule has 2 fully saturated rings. The molecule has 108 valence electrons. The number of nitrogens with one attached hydrogen (secondary N) is 1. The van der Waals surface area contributed by atoms with Crippen molar-refractivity contribution in [2.45, 2.75) is 24.9 Å². The van der Waals surface area contributed by atoms with E-state index < -0.39 is 11.6 Å². The molecule has 2 heterocycles. The fourth-order valence-electron chi connectivity index (χ4n) is 3.41. The standard InChI is InChI=1S/C14H17BrN2O3/c15-11-5-16-4-1-10(11)14(20-6-12(18)19)3-2-13(7-14)8-17-9-13/h1,4-5,17H,2-3,6-9H2,(H,18,19). The van der Waals surface area contributed by atoms with Crippen LogP contribution in [0.3, 0.4) is 0 Å². The Morgan fingerprint density at radius 2 is 2.30 bits per heavy atom. The summed E-state index contributed by atoms with van der Waals surface area (Å²) >= 11 is 3.52. The Hall–Kier alpha value is -0.980. The summed E-state index contributed by atoms with van der Waals surface area (Å²) < 4.78 is 6.75. The number of rotatable bonds is 4. The highest BCUT2D eigenvalue weighted by molar-refractivity contribution is 9.10. The van der Waals surface area contributed by atoms with E-state index in [9.17, 15) is 4.79 Å². The van der Waals surface area contributed by atoms with Crippen LogP contribution in [0.4, 0.5) is 0 Å². The van der Waals surface area contributed by atoms with Crippen LogP contribution in [0.1, 0.15) is 24.8 Å². The van der Waals surface area contributed by atoms with Crippen LogP contribution >= 0.6 is 15.9 Å². The van der Waals surface area contributed by atoms with Crippen molar-refractivity contribution < 1.29 is 14.6 Å². The number of pyridine rings is 1. The van der Waals surface area contributed by atoms with Gasteiger partial charge in [0.1, 0.15) is 6.61 Å². The number of ether oxygens (including phenoxy) is 1. The van der Waals surface area contributed by atoms with Crippen LogP contribution in [0, 0.1) is 5.41 Å². The van der Waals surface area contributed by atoms with Gasteiger partial charge in [0.2, 0.25) is 0 Å². The third kappa shape index (κ3) is 2.36. The predicted molar refractivity (Wildman–Crippen MR) is 76.4 cm³/mol. The highest BCUT2D eigenvalue weighted by Gasteiger charge is 2.53. The van der Waals surface area contributed by atoms with Crippen molar-refractivity contribution in [2.75, 3.05) is 19.7 Å². The lowest BCUT2D eigenvalue weighted by atomic mass is 9.78. The molecule has 1 aromatic rings. The average molecular weight is 341 g/mol. The number of carboxylic acid groups (broad SMARTS) is 1. The highest BCUT2D eigenvalue weighted by Crippen LogP contribution is 2.54. The molecule has 1 aliphatic carbocycles. The van der Waals surface area contributed by atoms with Crippen LogP contribution in [0.25, 0.3) is 0 Å². The molecule has 2 aliphatic rings. The molecule has 1 spiro atoms. The topological polar surface area (TPSA) is 71.5 Å². The maximum Gasteiger partial charge on any atom is 0.329 e. The molecule has 1 aromatic heterocycles. The molecule has 0 aromatic carbocycles. The minimum absolute atomic E-state index is 0.265. The first kappa shape index (κ1) is 14.0. The summed E-state index contributed by atoms with van der Waals surface area (Å²) in [5, 5.41) is 12.3. The van der Waals surface area contributed by atoms with E-state index in [2.05, 4.69) is 26.2 Å². The van der Waals surface area contributed by atoms with Gasteiger partial charge in [-0.2, -0.15) is 0 Å². The Balaban J connectivity index is 1.92. The van der Waals surface area contributed by atoms with Crippen molar-refractivity contribution in [3.63, 3.8) is 0 Å². The molecule has 5 nitrogen and oxygen atoms in total. The van der Waals surface area contributed by atoms with Gasteiger partial charge in [0.15, 0.2) is 0 Å². The summed E-state index contributed by atoms with van der Waals surface area (Å²) in [5.41, 5.74) is 0.765. The monoisotopic (exact) mass is 340 g/mol. The van der Waals surface area contributed by atoms with Crippen molar-refractivity contribution in [1.29, 1.82) is 0 Å². The fraction of sp³-hybridized carbons (Fsp3) is 0.571. The first-order chi connectivity index (χ1) is 9.55. The van der Waals surface area contributed by atoms with Gasteiger partial charge >= 0.3 is 5.97 Å². The molecule has 1 unspecified atom stereocenters. The van der Waals surface area contributed by atoms with Crippen molar-refractivity contribution in [2.24, 2.45) is 5.41 Å². The molecule has 1 aliphatic heterocycles. The molecule has 1 saturated carbocycles. The average Bonchev–Trinajstić information content (AvgIpc) is 2.78. The summed E-state index contributed by atoms with van der Waals surface area (Å²) in [5.74, 6) is -0.928. The number of aromatic nitrogens is 1. The lowest BCUT2D eigenvalue weighted by molar-refractivity contribution is -0.151. The molecule has 6 heteroatoms. The lowest BCUT2D eigenvalue weighted by Crippen LogP contribution is -2.52. The number of halogens is 1. The van der Waals surface area contributed by atoms with Gasteiger partial charge in [-0.1, -0.05) is 0 Å². The Morgan fingerprint density at radius 1 is 1.50 bits per heavy atom. The molecule has 0 amide bonds. The Labute approximate surface area is 125 Å². The van der Waals surface area contributed by atoms with E-state index in [0.717, 1.165) is 42.4 Å². The normalized spacial score (nSPS) is 27.4. The van der Waals surface area contributed by atoms with E-state index in [-0.39, 0.29) is 12.0 Å². The quantitative estimate of drug-likeness (QED) is 0.876.